The molecule has 0 aliphatic carbocycles. The fourth-order valence-corrected chi connectivity index (χ4v) is 4.28. The molecule has 9 heteroatoms. The summed E-state index contributed by atoms with van der Waals surface area (Å²) in [6.07, 6.45) is 0.721. The Hall–Kier alpha value is -1.22. The number of halogens is 1. The van der Waals surface area contributed by atoms with Crippen molar-refractivity contribution in [3.63, 3.8) is 0 Å². The van der Waals surface area contributed by atoms with E-state index in [9.17, 15) is 18.5 Å². The summed E-state index contributed by atoms with van der Waals surface area (Å²) in [5.74, 6) is 0. The second-order valence-electron chi connectivity index (χ2n) is 5.14. The van der Waals surface area contributed by atoms with Crippen LogP contribution in [-0.4, -0.2) is 55.8 Å². The second-order valence-corrected chi connectivity index (χ2v) is 7.45. The topological polar surface area (TPSA) is 83.8 Å². The Morgan fingerprint density at radius 1 is 1.43 bits per heavy atom. The molecule has 1 heterocycles. The smallest absolute Gasteiger partial charge is 0.270 e. The van der Waals surface area contributed by atoms with Crippen LogP contribution in [-0.2, 0) is 10.0 Å². The van der Waals surface area contributed by atoms with Crippen LogP contribution in [0.4, 0.5) is 5.69 Å². The van der Waals surface area contributed by atoms with Gasteiger partial charge in [-0.3, -0.25) is 10.1 Å². The lowest BCUT2D eigenvalue weighted by Crippen LogP contribution is -2.34. The fourth-order valence-electron chi connectivity index (χ4n) is 2.29. The van der Waals surface area contributed by atoms with E-state index < -0.39 is 14.9 Å². The van der Waals surface area contributed by atoms with E-state index in [4.69, 9.17) is 11.6 Å². The van der Waals surface area contributed by atoms with Gasteiger partial charge in [-0.1, -0.05) is 11.6 Å². The average Bonchev–Trinajstić information content (AvgIpc) is 2.89. The third-order valence-corrected chi connectivity index (χ3v) is 5.95. The van der Waals surface area contributed by atoms with Gasteiger partial charge in [-0.15, -0.1) is 0 Å². The third-order valence-electron chi connectivity index (χ3n) is 3.60. The lowest BCUT2D eigenvalue weighted by Gasteiger charge is -2.20. The van der Waals surface area contributed by atoms with Crippen molar-refractivity contribution >= 4 is 27.3 Å². The van der Waals surface area contributed by atoms with E-state index in [-0.39, 0.29) is 21.6 Å². The molecule has 0 spiro atoms. The van der Waals surface area contributed by atoms with E-state index in [1.54, 1.807) is 0 Å². The van der Waals surface area contributed by atoms with Gasteiger partial charge in [0.15, 0.2) is 0 Å². The Labute approximate surface area is 128 Å². The van der Waals surface area contributed by atoms with Crippen LogP contribution >= 0.6 is 11.6 Å². The predicted octanol–water partition coefficient (Wildman–Crippen LogP) is 1.57. The summed E-state index contributed by atoms with van der Waals surface area (Å²) in [6.45, 7) is 0.735. The minimum Gasteiger partial charge on any atom is -0.305 e. The van der Waals surface area contributed by atoms with Crippen LogP contribution in [0, 0.1) is 10.1 Å². The molecule has 1 atom stereocenters. The number of benzene rings is 1. The van der Waals surface area contributed by atoms with Gasteiger partial charge in [0.05, 0.1) is 9.95 Å². The fraction of sp³-hybridized carbons (Fsp3) is 0.500. The quantitative estimate of drug-likeness (QED) is 0.617. The first kappa shape index (κ1) is 16.2. The molecular formula is C12H16ClN3O4S. The normalized spacial score (nSPS) is 20.1. The molecule has 116 valence electrons. The van der Waals surface area contributed by atoms with Crippen molar-refractivity contribution in [2.45, 2.75) is 17.4 Å². The van der Waals surface area contributed by atoms with E-state index in [0.29, 0.717) is 13.1 Å². The number of likely N-dealkylation sites (N-methyl/N-ethyl adjacent to an activating group) is 1. The molecule has 0 amide bonds. The Morgan fingerprint density at radius 2 is 2.10 bits per heavy atom. The number of sulfonamides is 1. The van der Waals surface area contributed by atoms with Crippen LogP contribution < -0.4 is 0 Å². The number of hydrogen-bond acceptors (Lipinski definition) is 5. The van der Waals surface area contributed by atoms with Crippen molar-refractivity contribution in [3.05, 3.63) is 33.3 Å². The Kier molecular flexibility index (Phi) is 4.52. The minimum atomic E-state index is -3.82. The van der Waals surface area contributed by atoms with Crippen molar-refractivity contribution in [2.75, 3.05) is 27.2 Å². The molecule has 1 aromatic carbocycles. The number of rotatable bonds is 4. The summed E-state index contributed by atoms with van der Waals surface area (Å²) >= 11 is 5.92. The maximum atomic E-state index is 12.6. The van der Waals surface area contributed by atoms with E-state index in [2.05, 4.69) is 0 Å². The molecule has 0 radical (unpaired) electrons. The van der Waals surface area contributed by atoms with Crippen molar-refractivity contribution in [3.8, 4) is 0 Å². The van der Waals surface area contributed by atoms with E-state index in [1.807, 2.05) is 19.0 Å². The first-order valence-electron chi connectivity index (χ1n) is 6.34. The summed E-state index contributed by atoms with van der Waals surface area (Å²) in [4.78, 5) is 11.9. The minimum absolute atomic E-state index is 0.00565. The highest BCUT2D eigenvalue weighted by atomic mass is 35.5. The van der Waals surface area contributed by atoms with Crippen LogP contribution in [0.25, 0.3) is 0 Å². The molecule has 2 rings (SSSR count). The zero-order valence-electron chi connectivity index (χ0n) is 11.7. The number of nitro groups is 1. The zero-order valence-corrected chi connectivity index (χ0v) is 13.3. The van der Waals surface area contributed by atoms with Gasteiger partial charge in [-0.25, -0.2) is 8.42 Å². The van der Waals surface area contributed by atoms with Crippen LogP contribution in [0.15, 0.2) is 23.1 Å². The van der Waals surface area contributed by atoms with Gasteiger partial charge in [0.1, 0.15) is 4.90 Å². The van der Waals surface area contributed by atoms with E-state index in [0.717, 1.165) is 12.5 Å². The lowest BCUT2D eigenvalue weighted by molar-refractivity contribution is -0.385. The van der Waals surface area contributed by atoms with Crippen LogP contribution in [0.2, 0.25) is 5.02 Å². The molecule has 1 aromatic rings. The zero-order chi connectivity index (χ0) is 15.8. The Bertz CT molecular complexity index is 662. The number of non-ortho nitro benzene ring substituents is 1. The molecule has 0 saturated carbocycles. The molecule has 1 aliphatic heterocycles. The first-order valence-corrected chi connectivity index (χ1v) is 8.16. The van der Waals surface area contributed by atoms with Gasteiger partial charge in [0, 0.05) is 31.3 Å². The predicted molar refractivity (Wildman–Crippen MR) is 79.0 cm³/mol. The summed E-state index contributed by atoms with van der Waals surface area (Å²) in [6, 6.07) is 3.58. The molecule has 0 aromatic heterocycles. The van der Waals surface area contributed by atoms with E-state index >= 15 is 0 Å². The molecule has 1 saturated heterocycles. The van der Waals surface area contributed by atoms with Crippen LogP contribution in [0.3, 0.4) is 0 Å². The summed E-state index contributed by atoms with van der Waals surface area (Å²) in [5, 5.41) is 10.8. The molecule has 0 bridgehead atoms. The maximum absolute atomic E-state index is 12.6. The van der Waals surface area contributed by atoms with Crippen LogP contribution in [0.1, 0.15) is 6.42 Å². The Morgan fingerprint density at radius 3 is 2.62 bits per heavy atom. The monoisotopic (exact) mass is 333 g/mol. The maximum Gasteiger partial charge on any atom is 0.270 e. The van der Waals surface area contributed by atoms with Crippen LogP contribution in [0.5, 0.6) is 0 Å². The van der Waals surface area contributed by atoms with Gasteiger partial charge < -0.3 is 4.90 Å². The van der Waals surface area contributed by atoms with Gasteiger partial charge in [-0.2, -0.15) is 4.31 Å². The van der Waals surface area contributed by atoms with Gasteiger partial charge >= 0.3 is 0 Å². The van der Waals surface area contributed by atoms with Gasteiger partial charge in [0.2, 0.25) is 10.0 Å². The van der Waals surface area contributed by atoms with Crippen molar-refractivity contribution in [1.82, 2.24) is 9.21 Å². The van der Waals surface area contributed by atoms with Gasteiger partial charge in [0.25, 0.3) is 5.69 Å². The third kappa shape index (κ3) is 3.18. The highest BCUT2D eigenvalue weighted by Crippen LogP contribution is 2.30. The summed E-state index contributed by atoms with van der Waals surface area (Å²) in [5.41, 5.74) is -0.290. The number of hydrogen-bond donors (Lipinski definition) is 0. The second kappa shape index (κ2) is 5.88. The number of nitro benzene ring substituents is 1. The van der Waals surface area contributed by atoms with Crippen molar-refractivity contribution in [2.24, 2.45) is 0 Å². The Balaban J connectivity index is 2.36. The molecule has 21 heavy (non-hydrogen) atoms. The highest BCUT2D eigenvalue weighted by molar-refractivity contribution is 7.89. The molecule has 0 N–H and O–H groups in total. The molecule has 7 nitrogen and oxygen atoms in total. The molecule has 1 fully saturated rings. The first-order chi connectivity index (χ1) is 9.73. The molecular weight excluding hydrogens is 318 g/mol. The summed E-state index contributed by atoms with van der Waals surface area (Å²) in [7, 11) is -0.0415. The average molecular weight is 334 g/mol. The molecule has 1 unspecified atom stereocenters. The van der Waals surface area contributed by atoms with Crippen molar-refractivity contribution < 1.29 is 13.3 Å². The SMILES string of the molecule is CN(C)C1CCN(S(=O)(=O)c2cc([N+](=O)[O-])ccc2Cl)C1. The largest absolute Gasteiger partial charge is 0.305 e. The number of nitrogens with zero attached hydrogens (tertiary/aromatic N) is 3. The highest BCUT2D eigenvalue weighted by Gasteiger charge is 2.35. The van der Waals surface area contributed by atoms with E-state index in [1.165, 1.54) is 16.4 Å². The van der Waals surface area contributed by atoms with Crippen molar-refractivity contribution in [1.29, 1.82) is 0 Å². The standard InChI is InChI=1S/C12H16ClN3O4S/c1-14(2)10-5-6-15(8-10)21(19,20)12-7-9(16(17)18)3-4-11(12)13/h3-4,7,10H,5-6,8H2,1-2H3. The lowest BCUT2D eigenvalue weighted by atomic mass is 10.2. The summed E-state index contributed by atoms with van der Waals surface area (Å²) < 4.78 is 26.5. The molecule has 1 aliphatic rings. The van der Waals surface area contributed by atoms with Gasteiger partial charge in [-0.05, 0) is 26.6 Å².